The molecule has 1 N–H and O–H groups in total. The number of nitrogens with zero attached hydrogens (tertiary/aromatic N) is 2. The zero-order valence-electron chi connectivity index (χ0n) is 14.4. The summed E-state index contributed by atoms with van der Waals surface area (Å²) in [5.41, 5.74) is 0. The molecule has 0 saturated heterocycles. The average molecular weight is 508 g/mol. The van der Waals surface area contributed by atoms with E-state index in [1.165, 1.54) is 12.1 Å². The Morgan fingerprint density at radius 2 is 2.00 bits per heavy atom. The second kappa shape index (κ2) is 9.69. The highest BCUT2D eigenvalue weighted by Crippen LogP contribution is 2.36. The molecule has 0 aliphatic carbocycles. The van der Waals surface area contributed by atoms with Crippen LogP contribution in [-0.4, -0.2) is 22.2 Å². The van der Waals surface area contributed by atoms with Crippen molar-refractivity contribution in [3.05, 3.63) is 67.7 Å². The molecule has 2 aromatic heterocycles. The minimum atomic E-state index is -0.296. The maximum atomic E-state index is 12.2. The molecule has 3 rings (SSSR count). The highest BCUT2D eigenvalue weighted by molar-refractivity contribution is 9.10. The van der Waals surface area contributed by atoms with Crippen LogP contribution in [0.1, 0.15) is 22.7 Å². The van der Waals surface area contributed by atoms with Crippen LogP contribution in [0.5, 0.6) is 5.75 Å². The number of hydrogen-bond donors (Lipinski definition) is 1. The highest BCUT2D eigenvalue weighted by Gasteiger charge is 2.13. The number of hydrogen-bond acceptors (Lipinski definition) is 4. The van der Waals surface area contributed by atoms with Crippen LogP contribution in [0, 0.1) is 0 Å². The van der Waals surface area contributed by atoms with Gasteiger partial charge in [0.15, 0.2) is 11.5 Å². The molecule has 0 saturated carbocycles. The van der Waals surface area contributed by atoms with Gasteiger partial charge in [-0.3, -0.25) is 9.48 Å². The van der Waals surface area contributed by atoms with Gasteiger partial charge in [-0.25, -0.2) is 0 Å². The molecule has 0 aliphatic heterocycles. The number of aryl methyl sites for hydroxylation is 1. The minimum absolute atomic E-state index is 0.0720. The van der Waals surface area contributed by atoms with Crippen molar-refractivity contribution in [1.82, 2.24) is 15.1 Å². The number of aromatic nitrogens is 2. The van der Waals surface area contributed by atoms with Crippen molar-refractivity contribution in [2.75, 3.05) is 6.54 Å². The van der Waals surface area contributed by atoms with Gasteiger partial charge in [-0.1, -0.05) is 34.8 Å². The van der Waals surface area contributed by atoms with Crippen molar-refractivity contribution in [3.63, 3.8) is 0 Å². The van der Waals surface area contributed by atoms with E-state index in [4.69, 9.17) is 44.0 Å². The van der Waals surface area contributed by atoms with E-state index in [1.54, 1.807) is 23.0 Å². The first-order valence-electron chi connectivity index (χ1n) is 8.24. The number of benzene rings is 1. The molecular formula is C18H15BrCl3N3O3. The van der Waals surface area contributed by atoms with Gasteiger partial charge in [0.2, 0.25) is 0 Å². The standard InChI is InChI=1S/C18H15BrCl3N3O3/c19-11-8-24-25(9-11)5-1-4-23-18(26)16-3-2-13(28-16)10-27-17-14(21)6-12(20)7-15(17)22/h2-3,6-9H,1,4-5,10H2,(H,23,26). The van der Waals surface area contributed by atoms with E-state index in [2.05, 4.69) is 26.3 Å². The number of furan rings is 1. The van der Waals surface area contributed by atoms with Crippen molar-refractivity contribution < 1.29 is 13.9 Å². The molecule has 6 nitrogen and oxygen atoms in total. The van der Waals surface area contributed by atoms with Crippen molar-refractivity contribution in [3.8, 4) is 5.75 Å². The van der Waals surface area contributed by atoms with Gasteiger partial charge in [-0.2, -0.15) is 5.10 Å². The monoisotopic (exact) mass is 505 g/mol. The van der Waals surface area contributed by atoms with Crippen LogP contribution < -0.4 is 10.1 Å². The quantitative estimate of drug-likeness (QED) is 0.403. The molecule has 148 valence electrons. The summed E-state index contributed by atoms with van der Waals surface area (Å²) in [5, 5.41) is 7.97. The van der Waals surface area contributed by atoms with Gasteiger partial charge in [0.05, 0.1) is 20.7 Å². The van der Waals surface area contributed by atoms with Crippen molar-refractivity contribution in [2.24, 2.45) is 0 Å². The number of ether oxygens (including phenoxy) is 1. The summed E-state index contributed by atoms with van der Waals surface area (Å²) in [7, 11) is 0. The molecule has 0 unspecified atom stereocenters. The molecule has 2 heterocycles. The maximum Gasteiger partial charge on any atom is 0.286 e. The van der Waals surface area contributed by atoms with E-state index >= 15 is 0 Å². The number of carbonyl (C=O) groups excluding carboxylic acids is 1. The molecule has 10 heteroatoms. The third-order valence-electron chi connectivity index (χ3n) is 3.66. The van der Waals surface area contributed by atoms with Gasteiger partial charge in [0, 0.05) is 24.3 Å². The highest BCUT2D eigenvalue weighted by atomic mass is 79.9. The zero-order valence-corrected chi connectivity index (χ0v) is 18.3. The van der Waals surface area contributed by atoms with Crippen LogP contribution in [0.25, 0.3) is 0 Å². The lowest BCUT2D eigenvalue weighted by atomic mass is 10.3. The lowest BCUT2D eigenvalue weighted by molar-refractivity contribution is 0.0921. The van der Waals surface area contributed by atoms with Crippen molar-refractivity contribution in [2.45, 2.75) is 19.6 Å². The molecule has 1 aromatic carbocycles. The lowest BCUT2D eigenvalue weighted by Crippen LogP contribution is -2.24. The summed E-state index contributed by atoms with van der Waals surface area (Å²) in [6.45, 7) is 1.27. The lowest BCUT2D eigenvalue weighted by Gasteiger charge is -2.09. The van der Waals surface area contributed by atoms with Gasteiger partial charge in [0.1, 0.15) is 12.4 Å². The molecule has 0 bridgehead atoms. The average Bonchev–Trinajstić information content (AvgIpc) is 3.27. The number of carbonyl (C=O) groups is 1. The number of nitrogens with one attached hydrogen (secondary N) is 1. The Labute approximate surface area is 184 Å². The van der Waals surface area contributed by atoms with Crippen LogP contribution >= 0.6 is 50.7 Å². The topological polar surface area (TPSA) is 69.3 Å². The summed E-state index contributed by atoms with van der Waals surface area (Å²) in [4.78, 5) is 12.2. The SMILES string of the molecule is O=C(NCCCn1cc(Br)cn1)c1ccc(COc2c(Cl)cc(Cl)cc2Cl)o1. The van der Waals surface area contributed by atoms with Crippen LogP contribution in [0.4, 0.5) is 0 Å². The van der Waals surface area contributed by atoms with Gasteiger partial charge >= 0.3 is 0 Å². The first-order valence-corrected chi connectivity index (χ1v) is 10.2. The molecule has 0 spiro atoms. The molecule has 3 aromatic rings. The van der Waals surface area contributed by atoms with Crippen LogP contribution in [-0.2, 0) is 13.2 Å². The zero-order chi connectivity index (χ0) is 20.1. The van der Waals surface area contributed by atoms with E-state index < -0.39 is 0 Å². The summed E-state index contributed by atoms with van der Waals surface area (Å²) in [6.07, 6.45) is 4.33. The van der Waals surface area contributed by atoms with E-state index in [-0.39, 0.29) is 18.3 Å². The fourth-order valence-electron chi connectivity index (χ4n) is 2.38. The second-order valence-electron chi connectivity index (χ2n) is 5.78. The predicted octanol–water partition coefficient (Wildman–Crippen LogP) is 5.60. The third kappa shape index (κ3) is 5.67. The molecular weight excluding hydrogens is 492 g/mol. The molecule has 0 aliphatic rings. The van der Waals surface area contributed by atoms with Gasteiger partial charge < -0.3 is 14.5 Å². The summed E-state index contributed by atoms with van der Waals surface area (Å²) < 4.78 is 13.8. The minimum Gasteiger partial charge on any atom is -0.483 e. The normalized spacial score (nSPS) is 10.9. The molecule has 0 atom stereocenters. The largest absolute Gasteiger partial charge is 0.483 e. The Balaban J connectivity index is 1.47. The van der Waals surface area contributed by atoms with Gasteiger partial charge in [-0.15, -0.1) is 0 Å². The molecule has 0 fully saturated rings. The fraction of sp³-hybridized carbons (Fsp3) is 0.222. The molecule has 28 heavy (non-hydrogen) atoms. The Kier molecular flexibility index (Phi) is 7.29. The summed E-state index contributed by atoms with van der Waals surface area (Å²) in [5.74, 6) is 0.679. The Bertz CT molecular complexity index is 951. The number of rotatable bonds is 8. The van der Waals surface area contributed by atoms with E-state index in [0.717, 1.165) is 10.9 Å². The van der Waals surface area contributed by atoms with E-state index in [0.29, 0.717) is 39.7 Å². The van der Waals surface area contributed by atoms with Crippen LogP contribution in [0.2, 0.25) is 15.1 Å². The van der Waals surface area contributed by atoms with E-state index in [1.807, 2.05) is 6.20 Å². The summed E-state index contributed by atoms with van der Waals surface area (Å²) >= 11 is 21.4. The molecule has 1 amide bonds. The van der Waals surface area contributed by atoms with E-state index in [9.17, 15) is 4.79 Å². The van der Waals surface area contributed by atoms with Crippen LogP contribution in [0.15, 0.2) is 45.5 Å². The smallest absolute Gasteiger partial charge is 0.286 e. The fourth-order valence-corrected chi connectivity index (χ4v) is 3.63. The van der Waals surface area contributed by atoms with Gasteiger partial charge in [0.25, 0.3) is 5.91 Å². The Hall–Kier alpha value is -1.67. The van der Waals surface area contributed by atoms with Crippen molar-refractivity contribution in [1.29, 1.82) is 0 Å². The summed E-state index contributed by atoms with van der Waals surface area (Å²) in [6, 6.07) is 6.32. The number of halogens is 4. The molecule has 0 radical (unpaired) electrons. The second-order valence-corrected chi connectivity index (χ2v) is 7.95. The van der Waals surface area contributed by atoms with Crippen molar-refractivity contribution >= 4 is 56.6 Å². The maximum absolute atomic E-state index is 12.2. The van der Waals surface area contributed by atoms with Gasteiger partial charge in [-0.05, 0) is 46.6 Å². The Morgan fingerprint density at radius 3 is 2.68 bits per heavy atom. The first kappa shape index (κ1) is 21.0. The predicted molar refractivity (Wildman–Crippen MR) is 111 cm³/mol. The first-order chi connectivity index (χ1) is 13.4. The Morgan fingerprint density at radius 1 is 1.25 bits per heavy atom. The van der Waals surface area contributed by atoms with Crippen LogP contribution in [0.3, 0.4) is 0 Å². The number of amides is 1. The third-order valence-corrected chi connectivity index (χ3v) is 4.85.